The zero-order valence-electron chi connectivity index (χ0n) is 13.0. The van der Waals surface area contributed by atoms with Crippen LogP contribution in [0.2, 0.25) is 0 Å². The van der Waals surface area contributed by atoms with Crippen LogP contribution >= 0.6 is 15.9 Å². The Balaban J connectivity index is 1.84. The van der Waals surface area contributed by atoms with Crippen molar-refractivity contribution in [2.45, 2.75) is 45.8 Å². The lowest BCUT2D eigenvalue weighted by Crippen LogP contribution is -2.19. The van der Waals surface area contributed by atoms with Crippen LogP contribution in [0.5, 0.6) is 5.75 Å². The molecule has 0 spiro atoms. The molecule has 1 heterocycles. The van der Waals surface area contributed by atoms with Crippen LogP contribution in [0.15, 0.2) is 22.7 Å². The molecule has 21 heavy (non-hydrogen) atoms. The molecular weight excluding hydrogens is 330 g/mol. The fourth-order valence-corrected chi connectivity index (χ4v) is 2.90. The van der Waals surface area contributed by atoms with Crippen molar-refractivity contribution in [2.75, 3.05) is 19.8 Å². The van der Waals surface area contributed by atoms with Gasteiger partial charge in [0.05, 0.1) is 12.7 Å². The van der Waals surface area contributed by atoms with Crippen molar-refractivity contribution in [2.24, 2.45) is 5.92 Å². The van der Waals surface area contributed by atoms with Gasteiger partial charge in [0.1, 0.15) is 5.75 Å². The van der Waals surface area contributed by atoms with E-state index in [-0.39, 0.29) is 0 Å². The topological polar surface area (TPSA) is 30.5 Å². The summed E-state index contributed by atoms with van der Waals surface area (Å²) in [5, 5.41) is 3.47. The third-order valence-corrected chi connectivity index (χ3v) is 4.11. The van der Waals surface area contributed by atoms with Gasteiger partial charge in [-0.15, -0.1) is 0 Å². The van der Waals surface area contributed by atoms with Crippen molar-refractivity contribution in [3.05, 3.63) is 28.2 Å². The zero-order chi connectivity index (χ0) is 15.1. The molecule has 4 heteroatoms. The second-order valence-electron chi connectivity index (χ2n) is 6.05. The lowest BCUT2D eigenvalue weighted by atomic mass is 10.1. The van der Waals surface area contributed by atoms with E-state index in [1.807, 2.05) is 12.1 Å². The molecule has 1 aliphatic rings. The minimum Gasteiger partial charge on any atom is -0.493 e. The van der Waals surface area contributed by atoms with Crippen molar-refractivity contribution in [1.29, 1.82) is 0 Å². The molecular formula is C17H26BrNO2. The highest BCUT2D eigenvalue weighted by atomic mass is 79.9. The molecule has 1 fully saturated rings. The van der Waals surface area contributed by atoms with Crippen molar-refractivity contribution >= 4 is 15.9 Å². The summed E-state index contributed by atoms with van der Waals surface area (Å²) < 4.78 is 12.7. The van der Waals surface area contributed by atoms with Gasteiger partial charge < -0.3 is 14.8 Å². The Bertz CT molecular complexity index is 431. The Hall–Kier alpha value is -0.580. The van der Waals surface area contributed by atoms with Gasteiger partial charge in [0.25, 0.3) is 0 Å². The molecule has 0 aromatic heterocycles. The van der Waals surface area contributed by atoms with E-state index in [0.717, 1.165) is 42.9 Å². The van der Waals surface area contributed by atoms with Crippen LogP contribution in [-0.2, 0) is 11.3 Å². The van der Waals surface area contributed by atoms with Gasteiger partial charge in [-0.2, -0.15) is 0 Å². The van der Waals surface area contributed by atoms with Crippen LogP contribution in [0.1, 0.15) is 38.7 Å². The van der Waals surface area contributed by atoms with Gasteiger partial charge in [-0.3, -0.25) is 0 Å². The molecule has 1 unspecified atom stereocenters. The van der Waals surface area contributed by atoms with Gasteiger partial charge in [0, 0.05) is 29.6 Å². The zero-order valence-corrected chi connectivity index (χ0v) is 14.6. The van der Waals surface area contributed by atoms with E-state index in [0.29, 0.717) is 12.0 Å². The number of rotatable bonds is 8. The molecule has 1 aliphatic heterocycles. The Kier molecular flexibility index (Phi) is 7.00. The van der Waals surface area contributed by atoms with Gasteiger partial charge in [-0.05, 0) is 43.5 Å². The second-order valence-corrected chi connectivity index (χ2v) is 6.96. The maximum absolute atomic E-state index is 5.97. The predicted molar refractivity (Wildman–Crippen MR) is 89.8 cm³/mol. The first-order chi connectivity index (χ1) is 10.1. The monoisotopic (exact) mass is 355 g/mol. The smallest absolute Gasteiger partial charge is 0.123 e. The Morgan fingerprint density at radius 3 is 3.00 bits per heavy atom. The average molecular weight is 356 g/mol. The largest absolute Gasteiger partial charge is 0.493 e. The molecule has 118 valence electrons. The average Bonchev–Trinajstić information content (AvgIpc) is 2.94. The summed E-state index contributed by atoms with van der Waals surface area (Å²) in [6.07, 6.45) is 3.73. The Morgan fingerprint density at radius 1 is 1.43 bits per heavy atom. The maximum atomic E-state index is 5.97. The normalized spacial score (nSPS) is 18.4. The summed E-state index contributed by atoms with van der Waals surface area (Å²) in [5.74, 6) is 1.63. The van der Waals surface area contributed by atoms with Crippen molar-refractivity contribution in [1.82, 2.24) is 5.32 Å². The summed E-state index contributed by atoms with van der Waals surface area (Å²) in [7, 11) is 0. The molecule has 0 aliphatic carbocycles. The van der Waals surface area contributed by atoms with Crippen LogP contribution in [0.25, 0.3) is 0 Å². The molecule has 1 saturated heterocycles. The fraction of sp³-hybridized carbons (Fsp3) is 0.647. The number of nitrogens with one attached hydrogen (secondary N) is 1. The van der Waals surface area contributed by atoms with Gasteiger partial charge in [0.15, 0.2) is 0 Å². The van der Waals surface area contributed by atoms with Crippen molar-refractivity contribution in [3.63, 3.8) is 0 Å². The maximum Gasteiger partial charge on any atom is 0.123 e. The van der Waals surface area contributed by atoms with Crippen LogP contribution in [-0.4, -0.2) is 25.9 Å². The molecule has 3 nitrogen and oxygen atoms in total. The number of hydrogen-bond acceptors (Lipinski definition) is 3. The van der Waals surface area contributed by atoms with Crippen LogP contribution in [0.3, 0.4) is 0 Å². The Labute approximate surface area is 136 Å². The molecule has 2 rings (SSSR count). The summed E-state index contributed by atoms with van der Waals surface area (Å²) in [5.41, 5.74) is 1.21. The minimum atomic E-state index is 0.392. The molecule has 0 bridgehead atoms. The van der Waals surface area contributed by atoms with Gasteiger partial charge in [-0.1, -0.05) is 29.8 Å². The lowest BCUT2D eigenvalue weighted by Gasteiger charge is -2.15. The number of hydrogen-bond donors (Lipinski definition) is 1. The van der Waals surface area contributed by atoms with Crippen LogP contribution in [0, 0.1) is 5.92 Å². The predicted octanol–water partition coefficient (Wildman–Crippen LogP) is 4.14. The van der Waals surface area contributed by atoms with E-state index in [4.69, 9.17) is 9.47 Å². The van der Waals surface area contributed by atoms with E-state index in [1.165, 1.54) is 18.4 Å². The molecule has 1 N–H and O–H groups in total. The number of benzene rings is 1. The first kappa shape index (κ1) is 16.8. The van der Waals surface area contributed by atoms with Crippen LogP contribution in [0.4, 0.5) is 0 Å². The Morgan fingerprint density at radius 2 is 2.29 bits per heavy atom. The van der Waals surface area contributed by atoms with Crippen molar-refractivity contribution in [3.8, 4) is 5.75 Å². The number of halogens is 1. The van der Waals surface area contributed by atoms with E-state index in [9.17, 15) is 0 Å². The van der Waals surface area contributed by atoms with E-state index in [1.54, 1.807) is 0 Å². The number of ether oxygens (including phenoxy) is 2. The molecule has 0 saturated carbocycles. The van der Waals surface area contributed by atoms with Crippen molar-refractivity contribution < 1.29 is 9.47 Å². The van der Waals surface area contributed by atoms with E-state index in [2.05, 4.69) is 41.2 Å². The second kappa shape index (κ2) is 8.76. The van der Waals surface area contributed by atoms with E-state index < -0.39 is 0 Å². The van der Waals surface area contributed by atoms with Gasteiger partial charge in [-0.25, -0.2) is 0 Å². The third-order valence-electron chi connectivity index (χ3n) is 3.61. The SMILES string of the molecule is CC(C)CNCc1cc(Br)ccc1OCCC1CCCO1. The quantitative estimate of drug-likeness (QED) is 0.759. The molecule has 1 aromatic rings. The fourth-order valence-electron chi connectivity index (χ4n) is 2.49. The molecule has 0 amide bonds. The first-order valence-electron chi connectivity index (χ1n) is 7.88. The minimum absolute atomic E-state index is 0.392. The van der Waals surface area contributed by atoms with E-state index >= 15 is 0 Å². The molecule has 1 atom stereocenters. The summed E-state index contributed by atoms with van der Waals surface area (Å²) in [4.78, 5) is 0. The summed E-state index contributed by atoms with van der Waals surface area (Å²) >= 11 is 3.54. The standard InChI is InChI=1S/C17H26BrNO2/c1-13(2)11-19-12-14-10-15(18)5-6-17(14)21-9-7-16-4-3-8-20-16/h5-6,10,13,16,19H,3-4,7-9,11-12H2,1-2H3. The van der Waals surface area contributed by atoms with Crippen LogP contribution < -0.4 is 10.1 Å². The lowest BCUT2D eigenvalue weighted by molar-refractivity contribution is 0.0902. The highest BCUT2D eigenvalue weighted by molar-refractivity contribution is 9.10. The summed E-state index contributed by atoms with van der Waals surface area (Å²) in [6.45, 7) is 7.92. The highest BCUT2D eigenvalue weighted by Gasteiger charge is 2.15. The summed E-state index contributed by atoms with van der Waals surface area (Å²) in [6, 6.07) is 6.22. The molecule has 1 aromatic carbocycles. The highest BCUT2D eigenvalue weighted by Crippen LogP contribution is 2.24. The first-order valence-corrected chi connectivity index (χ1v) is 8.68. The van der Waals surface area contributed by atoms with Gasteiger partial charge >= 0.3 is 0 Å². The third kappa shape index (κ3) is 5.97. The van der Waals surface area contributed by atoms with Gasteiger partial charge in [0.2, 0.25) is 0 Å². The molecule has 0 radical (unpaired) electrons.